The van der Waals surface area contributed by atoms with Gasteiger partial charge in [-0.1, -0.05) is 17.7 Å². The van der Waals surface area contributed by atoms with Gasteiger partial charge in [-0.15, -0.1) is 0 Å². The van der Waals surface area contributed by atoms with Gasteiger partial charge >= 0.3 is 11.9 Å². The van der Waals surface area contributed by atoms with Gasteiger partial charge in [0.2, 0.25) is 5.91 Å². The van der Waals surface area contributed by atoms with E-state index < -0.39 is 35.5 Å². The number of ether oxygens (including phenoxy) is 3. The molecule has 0 aliphatic carbocycles. The summed E-state index contributed by atoms with van der Waals surface area (Å²) >= 11 is 6.66. The van der Waals surface area contributed by atoms with E-state index in [2.05, 4.69) is 10.1 Å². The highest BCUT2D eigenvalue weighted by molar-refractivity contribution is 8.18. The molecule has 3 amide bonds. The standard InChI is InChI=1S/C24H21ClN2O8S/c1-4-34-19-9-14(5-8-18(19)35-13(2)28)10-20-22(30)27(24(32)36-20)12-21(29)26-15-6-7-17(25)16(11-15)23(31)33-3/h5-11H,4,12H2,1-3H3,(H,26,29)/b20-10+. The molecule has 1 fully saturated rings. The second-order valence-electron chi connectivity index (χ2n) is 7.24. The van der Waals surface area contributed by atoms with Crippen molar-refractivity contribution in [3.8, 4) is 11.5 Å². The summed E-state index contributed by atoms with van der Waals surface area (Å²) in [6, 6.07) is 8.90. The Morgan fingerprint density at radius 1 is 1.11 bits per heavy atom. The molecule has 12 heteroatoms. The fourth-order valence-electron chi connectivity index (χ4n) is 3.12. The Morgan fingerprint density at radius 3 is 2.53 bits per heavy atom. The molecule has 0 unspecified atom stereocenters. The van der Waals surface area contributed by atoms with Gasteiger partial charge in [0.05, 0.1) is 29.2 Å². The van der Waals surface area contributed by atoms with Crippen LogP contribution in [0, 0.1) is 0 Å². The first-order valence-electron chi connectivity index (χ1n) is 10.5. The highest BCUT2D eigenvalue weighted by Crippen LogP contribution is 2.34. The molecule has 0 atom stereocenters. The molecule has 1 heterocycles. The smallest absolute Gasteiger partial charge is 0.339 e. The van der Waals surface area contributed by atoms with Crippen molar-refractivity contribution in [1.29, 1.82) is 0 Å². The quantitative estimate of drug-likeness (QED) is 0.303. The minimum Gasteiger partial charge on any atom is -0.490 e. The molecule has 1 N–H and O–H groups in total. The molecule has 2 aromatic rings. The van der Waals surface area contributed by atoms with Gasteiger partial charge in [0.25, 0.3) is 11.1 Å². The number of benzene rings is 2. The predicted molar refractivity (Wildman–Crippen MR) is 133 cm³/mol. The third-order valence-electron chi connectivity index (χ3n) is 4.65. The van der Waals surface area contributed by atoms with Crippen molar-refractivity contribution in [2.75, 3.05) is 25.6 Å². The van der Waals surface area contributed by atoms with Crippen LogP contribution in [0.25, 0.3) is 6.08 Å². The number of anilines is 1. The SMILES string of the molecule is CCOc1cc(/C=C2/SC(=O)N(CC(=O)Nc3ccc(Cl)c(C(=O)OC)c3)C2=O)ccc1OC(C)=O. The van der Waals surface area contributed by atoms with Crippen molar-refractivity contribution >= 4 is 64.1 Å². The zero-order chi connectivity index (χ0) is 26.4. The maximum absolute atomic E-state index is 12.8. The number of imide groups is 1. The lowest BCUT2D eigenvalue weighted by Crippen LogP contribution is -2.36. The Hall–Kier alpha value is -3.83. The van der Waals surface area contributed by atoms with Crippen molar-refractivity contribution in [3.05, 3.63) is 57.5 Å². The molecule has 188 valence electrons. The summed E-state index contributed by atoms with van der Waals surface area (Å²) in [7, 11) is 1.20. The van der Waals surface area contributed by atoms with Gasteiger partial charge < -0.3 is 19.5 Å². The van der Waals surface area contributed by atoms with E-state index in [-0.39, 0.29) is 26.9 Å². The zero-order valence-electron chi connectivity index (χ0n) is 19.5. The molecule has 1 aliphatic rings. The number of carbonyl (C=O) groups excluding carboxylic acids is 5. The molecule has 10 nitrogen and oxygen atoms in total. The van der Waals surface area contributed by atoms with Crippen LogP contribution in [-0.4, -0.2) is 54.2 Å². The number of halogens is 1. The van der Waals surface area contributed by atoms with Crippen LogP contribution in [0.2, 0.25) is 5.02 Å². The van der Waals surface area contributed by atoms with E-state index in [1.807, 2.05) is 0 Å². The van der Waals surface area contributed by atoms with Crippen LogP contribution in [0.3, 0.4) is 0 Å². The summed E-state index contributed by atoms with van der Waals surface area (Å²) < 4.78 is 15.2. The Bertz CT molecular complexity index is 1280. The number of hydrogen-bond donors (Lipinski definition) is 1. The Morgan fingerprint density at radius 2 is 1.86 bits per heavy atom. The number of carbonyl (C=O) groups is 5. The number of thioether (sulfide) groups is 1. The van der Waals surface area contributed by atoms with Crippen molar-refractivity contribution in [1.82, 2.24) is 4.90 Å². The van der Waals surface area contributed by atoms with Crippen LogP contribution in [-0.2, 0) is 19.1 Å². The van der Waals surface area contributed by atoms with Crippen molar-refractivity contribution in [3.63, 3.8) is 0 Å². The summed E-state index contributed by atoms with van der Waals surface area (Å²) in [5, 5.41) is 2.05. The number of hydrogen-bond acceptors (Lipinski definition) is 9. The highest BCUT2D eigenvalue weighted by Gasteiger charge is 2.36. The molecule has 36 heavy (non-hydrogen) atoms. The largest absolute Gasteiger partial charge is 0.490 e. The Kier molecular flexibility index (Phi) is 8.73. The van der Waals surface area contributed by atoms with E-state index in [1.54, 1.807) is 19.1 Å². The van der Waals surface area contributed by atoms with Gasteiger partial charge in [0, 0.05) is 12.6 Å². The van der Waals surface area contributed by atoms with Crippen LogP contribution in [0.4, 0.5) is 10.5 Å². The van der Waals surface area contributed by atoms with E-state index in [0.29, 0.717) is 29.7 Å². The third kappa shape index (κ3) is 6.43. The minimum absolute atomic E-state index is 0.0530. The zero-order valence-corrected chi connectivity index (χ0v) is 21.0. The molecule has 0 saturated carbocycles. The number of rotatable bonds is 8. The monoisotopic (exact) mass is 532 g/mol. The van der Waals surface area contributed by atoms with Crippen molar-refractivity contribution in [2.45, 2.75) is 13.8 Å². The lowest BCUT2D eigenvalue weighted by molar-refractivity contribution is -0.132. The minimum atomic E-state index is -0.680. The molecule has 0 radical (unpaired) electrons. The first kappa shape index (κ1) is 26.8. The molecule has 0 aromatic heterocycles. The molecule has 3 rings (SSSR count). The average Bonchev–Trinajstić information content (AvgIpc) is 3.08. The summed E-state index contributed by atoms with van der Waals surface area (Å²) in [5.74, 6) is -1.96. The molecule has 0 spiro atoms. The number of nitrogens with one attached hydrogen (secondary N) is 1. The van der Waals surface area contributed by atoms with E-state index in [9.17, 15) is 24.0 Å². The van der Waals surface area contributed by atoms with Crippen LogP contribution >= 0.6 is 23.4 Å². The first-order chi connectivity index (χ1) is 17.1. The maximum Gasteiger partial charge on any atom is 0.339 e. The predicted octanol–water partition coefficient (Wildman–Crippen LogP) is 4.13. The van der Waals surface area contributed by atoms with E-state index in [0.717, 1.165) is 4.90 Å². The van der Waals surface area contributed by atoms with Crippen LogP contribution in [0.5, 0.6) is 11.5 Å². The normalized spacial score (nSPS) is 14.1. The van der Waals surface area contributed by atoms with E-state index >= 15 is 0 Å². The highest BCUT2D eigenvalue weighted by atomic mass is 35.5. The maximum atomic E-state index is 12.8. The number of methoxy groups -OCH3 is 1. The second kappa shape index (κ2) is 11.7. The van der Waals surface area contributed by atoms with Crippen LogP contribution < -0.4 is 14.8 Å². The number of amides is 3. The Labute approximate surface area is 215 Å². The molecule has 2 aromatic carbocycles. The molecular formula is C24H21ClN2O8S. The van der Waals surface area contributed by atoms with Crippen molar-refractivity contribution < 1.29 is 38.2 Å². The number of nitrogens with zero attached hydrogens (tertiary/aromatic N) is 1. The summed E-state index contributed by atoms with van der Waals surface area (Å²) in [4.78, 5) is 61.7. The van der Waals surface area contributed by atoms with Crippen molar-refractivity contribution in [2.24, 2.45) is 0 Å². The van der Waals surface area contributed by atoms with Gasteiger partial charge in [-0.05, 0) is 60.7 Å². The van der Waals surface area contributed by atoms with Gasteiger partial charge in [-0.3, -0.25) is 24.1 Å². The topological polar surface area (TPSA) is 128 Å². The molecule has 1 saturated heterocycles. The number of esters is 2. The van der Waals surface area contributed by atoms with E-state index in [1.165, 1.54) is 44.4 Å². The van der Waals surface area contributed by atoms with Gasteiger partial charge in [-0.2, -0.15) is 0 Å². The van der Waals surface area contributed by atoms with Crippen LogP contribution in [0.15, 0.2) is 41.3 Å². The fourth-order valence-corrected chi connectivity index (χ4v) is 4.16. The summed E-state index contributed by atoms with van der Waals surface area (Å²) in [5.41, 5.74) is 0.821. The average molecular weight is 533 g/mol. The fraction of sp³-hybridized carbons (Fsp3) is 0.208. The Balaban J connectivity index is 1.73. The molecule has 0 bridgehead atoms. The lowest BCUT2D eigenvalue weighted by Gasteiger charge is -2.13. The van der Waals surface area contributed by atoms with E-state index in [4.69, 9.17) is 21.1 Å². The van der Waals surface area contributed by atoms with Gasteiger partial charge in [0.1, 0.15) is 6.54 Å². The van der Waals surface area contributed by atoms with Gasteiger partial charge in [-0.25, -0.2) is 4.79 Å². The third-order valence-corrected chi connectivity index (χ3v) is 5.89. The first-order valence-corrected chi connectivity index (χ1v) is 11.7. The van der Waals surface area contributed by atoms with Crippen LogP contribution in [0.1, 0.15) is 29.8 Å². The second-order valence-corrected chi connectivity index (χ2v) is 8.64. The lowest BCUT2D eigenvalue weighted by atomic mass is 10.2. The van der Waals surface area contributed by atoms with Gasteiger partial charge in [0.15, 0.2) is 11.5 Å². The molecular weight excluding hydrogens is 512 g/mol. The summed E-state index contributed by atoms with van der Waals surface area (Å²) in [6.07, 6.45) is 1.48. The molecule has 1 aliphatic heterocycles. The summed E-state index contributed by atoms with van der Waals surface area (Å²) in [6.45, 7) is 2.81.